The van der Waals surface area contributed by atoms with Crippen molar-refractivity contribution in [1.29, 1.82) is 0 Å². The van der Waals surface area contributed by atoms with Crippen molar-refractivity contribution in [3.63, 3.8) is 0 Å². The van der Waals surface area contributed by atoms with E-state index in [4.69, 9.17) is 0 Å². The average Bonchev–Trinajstić information content (AvgIpc) is 2.32. The fourth-order valence-corrected chi connectivity index (χ4v) is 1.75. The van der Waals surface area contributed by atoms with Gasteiger partial charge in [-0.3, -0.25) is 0 Å². The maximum absolute atomic E-state index is 13.0. The van der Waals surface area contributed by atoms with Gasteiger partial charge in [-0.1, -0.05) is 37.6 Å². The van der Waals surface area contributed by atoms with Crippen LogP contribution in [0.2, 0.25) is 0 Å². The Morgan fingerprint density at radius 3 is 2.71 bits per heavy atom. The van der Waals surface area contributed by atoms with E-state index in [0.717, 1.165) is 18.5 Å². The highest BCUT2D eigenvalue weighted by Gasteiger charge is 2.02. The van der Waals surface area contributed by atoms with Gasteiger partial charge in [-0.15, -0.1) is 0 Å². The van der Waals surface area contributed by atoms with Crippen LogP contribution in [0.1, 0.15) is 18.9 Å². The Kier molecular flexibility index (Phi) is 3.70. The zero-order valence-electron chi connectivity index (χ0n) is 9.78. The first-order chi connectivity index (χ1) is 8.29. The molecule has 0 fully saturated rings. The monoisotopic (exact) mass is 230 g/mol. The Bertz CT molecular complexity index is 497. The molecule has 0 saturated heterocycles. The van der Waals surface area contributed by atoms with Gasteiger partial charge in [-0.2, -0.15) is 4.39 Å². The van der Waals surface area contributed by atoms with Gasteiger partial charge >= 0.3 is 0 Å². The van der Waals surface area contributed by atoms with Crippen molar-refractivity contribution >= 4 is 11.5 Å². The van der Waals surface area contributed by atoms with E-state index >= 15 is 0 Å². The molecule has 0 amide bonds. The molecule has 1 heterocycles. The molecule has 1 aromatic carbocycles. The van der Waals surface area contributed by atoms with Gasteiger partial charge in [0.05, 0.1) is 0 Å². The van der Waals surface area contributed by atoms with Crippen LogP contribution in [-0.2, 0) is 6.42 Å². The highest BCUT2D eigenvalue weighted by atomic mass is 19.1. The first kappa shape index (κ1) is 11.6. The Hall–Kier alpha value is -1.90. The Morgan fingerprint density at radius 1 is 1.12 bits per heavy atom. The molecule has 0 bridgehead atoms. The summed E-state index contributed by atoms with van der Waals surface area (Å²) in [6, 6.07) is 12.8. The highest BCUT2D eigenvalue weighted by molar-refractivity contribution is 5.60. The molecule has 0 saturated carbocycles. The summed E-state index contributed by atoms with van der Waals surface area (Å²) < 4.78 is 13.0. The van der Waals surface area contributed by atoms with E-state index in [1.54, 1.807) is 12.1 Å². The van der Waals surface area contributed by atoms with Crippen LogP contribution in [0.5, 0.6) is 0 Å². The Balaban J connectivity index is 2.23. The second kappa shape index (κ2) is 5.43. The van der Waals surface area contributed by atoms with Crippen molar-refractivity contribution in [2.75, 3.05) is 5.32 Å². The number of halogens is 1. The smallest absolute Gasteiger partial charge is 0.214 e. The molecule has 0 aliphatic heterocycles. The summed E-state index contributed by atoms with van der Waals surface area (Å²) in [7, 11) is 0. The third-order valence-electron chi connectivity index (χ3n) is 2.51. The molecule has 2 aromatic rings. The minimum Gasteiger partial charge on any atom is -0.340 e. The van der Waals surface area contributed by atoms with Crippen LogP contribution in [0.4, 0.5) is 15.9 Å². The lowest BCUT2D eigenvalue weighted by Gasteiger charge is -2.10. The molecule has 0 unspecified atom stereocenters. The van der Waals surface area contributed by atoms with Crippen LogP contribution >= 0.6 is 0 Å². The van der Waals surface area contributed by atoms with Gasteiger partial charge in [0.25, 0.3) is 0 Å². The average molecular weight is 230 g/mol. The quantitative estimate of drug-likeness (QED) is 0.805. The van der Waals surface area contributed by atoms with Crippen LogP contribution in [0.25, 0.3) is 0 Å². The van der Waals surface area contributed by atoms with Crippen molar-refractivity contribution in [3.05, 3.63) is 54.0 Å². The van der Waals surface area contributed by atoms with Crippen LogP contribution in [-0.4, -0.2) is 4.98 Å². The summed E-state index contributed by atoms with van der Waals surface area (Å²) >= 11 is 0. The summed E-state index contributed by atoms with van der Waals surface area (Å²) in [5, 5.41) is 3.15. The predicted octanol–water partition coefficient (Wildman–Crippen LogP) is 3.92. The number of nitrogens with zero attached hydrogens (tertiary/aromatic N) is 1. The van der Waals surface area contributed by atoms with Crippen LogP contribution in [0, 0.1) is 5.95 Å². The number of benzene rings is 1. The van der Waals surface area contributed by atoms with Gasteiger partial charge in [0.15, 0.2) is 0 Å². The van der Waals surface area contributed by atoms with E-state index in [1.807, 2.05) is 18.2 Å². The second-order valence-electron chi connectivity index (χ2n) is 3.88. The zero-order chi connectivity index (χ0) is 12.1. The van der Waals surface area contributed by atoms with Crippen LogP contribution in [0.15, 0.2) is 42.5 Å². The van der Waals surface area contributed by atoms with Gasteiger partial charge < -0.3 is 5.32 Å². The summed E-state index contributed by atoms with van der Waals surface area (Å²) in [6.07, 6.45) is 2.08. The van der Waals surface area contributed by atoms with Gasteiger partial charge in [0.1, 0.15) is 5.82 Å². The number of nitrogens with one attached hydrogen (secondary N) is 1. The first-order valence-corrected chi connectivity index (χ1v) is 5.77. The van der Waals surface area contributed by atoms with Crippen molar-refractivity contribution < 1.29 is 4.39 Å². The summed E-state index contributed by atoms with van der Waals surface area (Å²) in [5.74, 6) is 0.0662. The predicted molar refractivity (Wildman–Crippen MR) is 67.9 cm³/mol. The fraction of sp³-hybridized carbons (Fsp3) is 0.214. The maximum atomic E-state index is 13.0. The van der Waals surface area contributed by atoms with E-state index in [0.29, 0.717) is 5.82 Å². The van der Waals surface area contributed by atoms with Crippen molar-refractivity contribution in [3.8, 4) is 0 Å². The van der Waals surface area contributed by atoms with Gasteiger partial charge in [0, 0.05) is 5.69 Å². The summed E-state index contributed by atoms with van der Waals surface area (Å²) in [6.45, 7) is 2.14. The molecule has 3 heteroatoms. The van der Waals surface area contributed by atoms with E-state index < -0.39 is 5.95 Å². The lowest BCUT2D eigenvalue weighted by molar-refractivity contribution is 0.585. The minimum atomic E-state index is -0.469. The van der Waals surface area contributed by atoms with E-state index in [1.165, 1.54) is 11.6 Å². The molecule has 0 radical (unpaired) electrons. The lowest BCUT2D eigenvalue weighted by atomic mass is 10.1. The molecular weight excluding hydrogens is 215 g/mol. The second-order valence-corrected chi connectivity index (χ2v) is 3.88. The molecule has 2 nitrogen and oxygen atoms in total. The van der Waals surface area contributed by atoms with Gasteiger partial charge in [-0.05, 0) is 30.2 Å². The number of rotatable bonds is 4. The summed E-state index contributed by atoms with van der Waals surface area (Å²) in [5.41, 5.74) is 2.22. The van der Waals surface area contributed by atoms with Crippen LogP contribution in [0.3, 0.4) is 0 Å². The number of aromatic nitrogens is 1. The molecule has 1 aromatic heterocycles. The standard InChI is InChI=1S/C14H15FN2/c1-2-6-11-7-3-4-8-12(11)16-14-10-5-9-13(15)17-14/h3-5,7-10H,2,6H2,1H3,(H,16,17). The fourth-order valence-electron chi connectivity index (χ4n) is 1.75. The summed E-state index contributed by atoms with van der Waals surface area (Å²) in [4.78, 5) is 3.79. The molecule has 17 heavy (non-hydrogen) atoms. The Labute approximate surface area is 101 Å². The van der Waals surface area contributed by atoms with Crippen molar-refractivity contribution in [2.24, 2.45) is 0 Å². The molecule has 0 atom stereocenters. The first-order valence-electron chi connectivity index (χ1n) is 5.77. The highest BCUT2D eigenvalue weighted by Crippen LogP contribution is 2.20. The number of aryl methyl sites for hydroxylation is 1. The number of hydrogen-bond donors (Lipinski definition) is 1. The SMILES string of the molecule is CCCc1ccccc1Nc1cccc(F)n1. The lowest BCUT2D eigenvalue weighted by Crippen LogP contribution is -1.98. The van der Waals surface area contributed by atoms with Crippen LogP contribution < -0.4 is 5.32 Å². The van der Waals surface area contributed by atoms with E-state index in [-0.39, 0.29) is 0 Å². The molecule has 1 N–H and O–H groups in total. The molecule has 0 spiro atoms. The molecule has 0 aliphatic carbocycles. The van der Waals surface area contributed by atoms with Crippen molar-refractivity contribution in [1.82, 2.24) is 4.98 Å². The molecule has 2 rings (SSSR count). The molecular formula is C14H15FN2. The third-order valence-corrected chi connectivity index (χ3v) is 2.51. The normalized spacial score (nSPS) is 10.2. The molecule has 88 valence electrons. The Morgan fingerprint density at radius 2 is 1.94 bits per heavy atom. The number of anilines is 2. The number of para-hydroxylation sites is 1. The third kappa shape index (κ3) is 3.03. The molecule has 0 aliphatic rings. The van der Waals surface area contributed by atoms with E-state index in [9.17, 15) is 4.39 Å². The van der Waals surface area contributed by atoms with Crippen molar-refractivity contribution in [2.45, 2.75) is 19.8 Å². The number of hydrogen-bond acceptors (Lipinski definition) is 2. The van der Waals surface area contributed by atoms with E-state index in [2.05, 4.69) is 23.3 Å². The largest absolute Gasteiger partial charge is 0.340 e. The number of pyridine rings is 1. The topological polar surface area (TPSA) is 24.9 Å². The maximum Gasteiger partial charge on any atom is 0.214 e. The van der Waals surface area contributed by atoms with Gasteiger partial charge in [0.2, 0.25) is 5.95 Å². The minimum absolute atomic E-state index is 0.469. The van der Waals surface area contributed by atoms with Gasteiger partial charge in [-0.25, -0.2) is 4.98 Å². The zero-order valence-corrected chi connectivity index (χ0v) is 9.78.